The van der Waals surface area contributed by atoms with Crippen LogP contribution in [0.25, 0.3) is 0 Å². The molecule has 0 atom stereocenters. The summed E-state index contributed by atoms with van der Waals surface area (Å²) in [5.74, 6) is 0.0394. The Labute approximate surface area is 82.2 Å². The van der Waals surface area contributed by atoms with Gasteiger partial charge >= 0.3 is 0 Å². The Morgan fingerprint density at radius 3 is 2.69 bits per heavy atom. The van der Waals surface area contributed by atoms with Crippen molar-refractivity contribution < 1.29 is 9.90 Å². The zero-order chi connectivity index (χ0) is 10.0. The second-order valence-corrected chi connectivity index (χ2v) is 3.48. The minimum absolute atomic E-state index is 0.0145. The Bertz CT molecular complexity index is 345. The number of aromatic hydroxyl groups is 1. The number of hydrogen-bond acceptors (Lipinski definition) is 2. The average Bonchev–Trinajstić information content (AvgIpc) is 2.05. The number of benzene rings is 1. The third-order valence-corrected chi connectivity index (χ3v) is 2.20. The molecule has 1 rings (SSSR count). The van der Waals surface area contributed by atoms with Gasteiger partial charge in [-0.05, 0) is 25.5 Å². The van der Waals surface area contributed by atoms with Crippen molar-refractivity contribution in [3.8, 4) is 5.75 Å². The highest BCUT2D eigenvalue weighted by atomic mass is 35.5. The van der Waals surface area contributed by atoms with E-state index in [-0.39, 0.29) is 18.0 Å². The van der Waals surface area contributed by atoms with E-state index in [1.165, 1.54) is 6.92 Å². The molecule has 3 heteroatoms. The number of phenols is 1. The summed E-state index contributed by atoms with van der Waals surface area (Å²) in [6.07, 6.45) is 0.234. The molecule has 0 spiro atoms. The van der Waals surface area contributed by atoms with E-state index in [4.69, 9.17) is 11.6 Å². The van der Waals surface area contributed by atoms with Gasteiger partial charge in [0.1, 0.15) is 11.5 Å². The third kappa shape index (κ3) is 2.22. The molecule has 0 saturated heterocycles. The van der Waals surface area contributed by atoms with E-state index in [9.17, 15) is 9.90 Å². The highest BCUT2D eigenvalue weighted by molar-refractivity contribution is 6.32. The smallest absolute Gasteiger partial charge is 0.138 e. The molecular formula is C10H11ClO2. The van der Waals surface area contributed by atoms with Gasteiger partial charge in [0.25, 0.3) is 0 Å². The molecule has 0 fully saturated rings. The van der Waals surface area contributed by atoms with Gasteiger partial charge in [0.2, 0.25) is 0 Å². The summed E-state index contributed by atoms with van der Waals surface area (Å²) in [6.45, 7) is 3.33. The molecule has 0 saturated carbocycles. The van der Waals surface area contributed by atoms with E-state index in [1.807, 2.05) is 6.92 Å². The van der Waals surface area contributed by atoms with E-state index in [0.717, 1.165) is 5.56 Å². The number of hydrogen-bond donors (Lipinski definition) is 1. The first kappa shape index (κ1) is 10.1. The van der Waals surface area contributed by atoms with Crippen LogP contribution in [0.4, 0.5) is 0 Å². The highest BCUT2D eigenvalue weighted by Gasteiger charge is 2.10. The van der Waals surface area contributed by atoms with Crippen molar-refractivity contribution in [2.24, 2.45) is 0 Å². The number of rotatable bonds is 2. The summed E-state index contributed by atoms with van der Waals surface area (Å²) in [5, 5.41) is 9.84. The van der Waals surface area contributed by atoms with Gasteiger partial charge in [0.15, 0.2) is 0 Å². The van der Waals surface area contributed by atoms with Crippen molar-refractivity contribution in [3.05, 3.63) is 28.3 Å². The average molecular weight is 199 g/mol. The largest absolute Gasteiger partial charge is 0.506 e. The van der Waals surface area contributed by atoms with Crippen molar-refractivity contribution in [1.29, 1.82) is 0 Å². The summed E-state index contributed by atoms with van der Waals surface area (Å²) in [6, 6.07) is 3.41. The van der Waals surface area contributed by atoms with Crippen LogP contribution < -0.4 is 0 Å². The minimum Gasteiger partial charge on any atom is -0.506 e. The molecule has 0 aliphatic carbocycles. The lowest BCUT2D eigenvalue weighted by Crippen LogP contribution is -1.99. The van der Waals surface area contributed by atoms with Crippen molar-refractivity contribution in [2.75, 3.05) is 0 Å². The van der Waals surface area contributed by atoms with Gasteiger partial charge in [-0.15, -0.1) is 0 Å². The SMILES string of the molecule is CC(=O)Cc1c(C)ccc(Cl)c1O. The molecule has 1 aromatic rings. The quantitative estimate of drug-likeness (QED) is 0.793. The molecular weight excluding hydrogens is 188 g/mol. The number of carbonyl (C=O) groups excluding carboxylic acids is 1. The minimum atomic E-state index is 0.0145. The van der Waals surface area contributed by atoms with Crippen LogP contribution in [-0.2, 0) is 11.2 Å². The molecule has 2 nitrogen and oxygen atoms in total. The van der Waals surface area contributed by atoms with E-state index in [1.54, 1.807) is 12.1 Å². The molecule has 0 aliphatic rings. The standard InChI is InChI=1S/C10H11ClO2/c1-6-3-4-9(11)10(13)8(6)5-7(2)12/h3-4,13H,5H2,1-2H3. The lowest BCUT2D eigenvalue weighted by atomic mass is 10.0. The number of ketones is 1. The van der Waals surface area contributed by atoms with Gasteiger partial charge in [-0.25, -0.2) is 0 Å². The second-order valence-electron chi connectivity index (χ2n) is 3.07. The van der Waals surface area contributed by atoms with Crippen LogP contribution in [0, 0.1) is 6.92 Å². The van der Waals surface area contributed by atoms with Crippen molar-refractivity contribution >= 4 is 17.4 Å². The van der Waals surface area contributed by atoms with Crippen molar-refractivity contribution in [2.45, 2.75) is 20.3 Å². The number of carbonyl (C=O) groups is 1. The monoisotopic (exact) mass is 198 g/mol. The number of Topliss-reactive ketones (excluding diaryl/α,β-unsaturated/α-hetero) is 1. The van der Waals surface area contributed by atoms with Crippen LogP contribution in [0.5, 0.6) is 5.75 Å². The Hall–Kier alpha value is -1.02. The lowest BCUT2D eigenvalue weighted by molar-refractivity contribution is -0.116. The summed E-state index contributed by atoms with van der Waals surface area (Å²) in [5.41, 5.74) is 1.51. The van der Waals surface area contributed by atoms with Gasteiger partial charge < -0.3 is 5.11 Å². The van der Waals surface area contributed by atoms with Crippen LogP contribution in [0.1, 0.15) is 18.1 Å². The first-order chi connectivity index (χ1) is 6.02. The first-order valence-corrected chi connectivity index (χ1v) is 4.36. The van der Waals surface area contributed by atoms with Crippen LogP contribution in [0.2, 0.25) is 5.02 Å². The summed E-state index contributed by atoms with van der Waals surface area (Å²) < 4.78 is 0. The molecule has 0 aliphatic heterocycles. The Morgan fingerprint density at radius 1 is 1.54 bits per heavy atom. The molecule has 1 N–H and O–H groups in total. The van der Waals surface area contributed by atoms with E-state index in [0.29, 0.717) is 10.6 Å². The molecule has 1 aromatic carbocycles. The van der Waals surface area contributed by atoms with Gasteiger partial charge in [-0.2, -0.15) is 0 Å². The fraction of sp³-hybridized carbons (Fsp3) is 0.300. The summed E-state index contributed by atoms with van der Waals surface area (Å²) >= 11 is 5.71. The van der Waals surface area contributed by atoms with Crippen molar-refractivity contribution in [1.82, 2.24) is 0 Å². The normalized spacial score (nSPS) is 10.1. The zero-order valence-electron chi connectivity index (χ0n) is 7.60. The van der Waals surface area contributed by atoms with Gasteiger partial charge in [0, 0.05) is 12.0 Å². The predicted octanol–water partition coefficient (Wildman–Crippen LogP) is 2.49. The van der Waals surface area contributed by atoms with Crippen LogP contribution >= 0.6 is 11.6 Å². The molecule has 0 unspecified atom stereocenters. The molecule has 70 valence electrons. The fourth-order valence-corrected chi connectivity index (χ4v) is 1.36. The van der Waals surface area contributed by atoms with Gasteiger partial charge in [-0.1, -0.05) is 17.7 Å². The molecule has 0 heterocycles. The zero-order valence-corrected chi connectivity index (χ0v) is 8.35. The maximum atomic E-state index is 10.9. The Kier molecular flexibility index (Phi) is 2.94. The Balaban J connectivity index is 3.17. The highest BCUT2D eigenvalue weighted by Crippen LogP contribution is 2.30. The van der Waals surface area contributed by atoms with Gasteiger partial charge in [-0.3, -0.25) is 4.79 Å². The van der Waals surface area contributed by atoms with Gasteiger partial charge in [0.05, 0.1) is 5.02 Å². The van der Waals surface area contributed by atoms with Crippen LogP contribution in [0.3, 0.4) is 0 Å². The predicted molar refractivity (Wildman–Crippen MR) is 52.2 cm³/mol. The van der Waals surface area contributed by atoms with Crippen LogP contribution in [-0.4, -0.2) is 10.9 Å². The first-order valence-electron chi connectivity index (χ1n) is 3.98. The molecule has 0 aromatic heterocycles. The molecule has 0 radical (unpaired) electrons. The number of aryl methyl sites for hydroxylation is 1. The lowest BCUT2D eigenvalue weighted by Gasteiger charge is -2.07. The molecule has 13 heavy (non-hydrogen) atoms. The molecule has 0 bridgehead atoms. The third-order valence-electron chi connectivity index (χ3n) is 1.89. The summed E-state index contributed by atoms with van der Waals surface area (Å²) in [7, 11) is 0. The topological polar surface area (TPSA) is 37.3 Å². The van der Waals surface area contributed by atoms with E-state index < -0.39 is 0 Å². The summed E-state index contributed by atoms with van der Waals surface area (Å²) in [4.78, 5) is 10.9. The fourth-order valence-electron chi connectivity index (χ4n) is 1.18. The number of phenolic OH excluding ortho intramolecular Hbond substituents is 1. The maximum Gasteiger partial charge on any atom is 0.138 e. The van der Waals surface area contributed by atoms with Crippen LogP contribution in [0.15, 0.2) is 12.1 Å². The Morgan fingerprint density at radius 2 is 2.15 bits per heavy atom. The van der Waals surface area contributed by atoms with E-state index in [2.05, 4.69) is 0 Å². The molecule has 0 amide bonds. The second kappa shape index (κ2) is 3.79. The number of halogens is 1. The van der Waals surface area contributed by atoms with Crippen molar-refractivity contribution in [3.63, 3.8) is 0 Å². The van der Waals surface area contributed by atoms with E-state index >= 15 is 0 Å². The maximum absolute atomic E-state index is 10.9.